The lowest BCUT2D eigenvalue weighted by Gasteiger charge is -2.21. The normalized spacial score (nSPS) is 26.5. The van der Waals surface area contributed by atoms with E-state index in [1.54, 1.807) is 0 Å². The third-order valence-electron chi connectivity index (χ3n) is 2.82. The quantitative estimate of drug-likeness (QED) is 0.684. The maximum absolute atomic E-state index is 3.56. The van der Waals surface area contributed by atoms with Gasteiger partial charge in [-0.2, -0.15) is 0 Å². The van der Waals surface area contributed by atoms with Crippen LogP contribution in [0.5, 0.6) is 0 Å². The second kappa shape index (κ2) is 4.83. The van der Waals surface area contributed by atoms with Gasteiger partial charge in [-0.05, 0) is 52.4 Å². The van der Waals surface area contributed by atoms with E-state index in [0.717, 1.165) is 12.0 Å². The van der Waals surface area contributed by atoms with Gasteiger partial charge in [-0.15, -0.1) is 0 Å². The van der Waals surface area contributed by atoms with Crippen molar-refractivity contribution in [2.75, 3.05) is 27.2 Å². The minimum absolute atomic E-state index is 0.796. The highest BCUT2D eigenvalue weighted by molar-refractivity contribution is 4.79. The summed E-state index contributed by atoms with van der Waals surface area (Å²) in [6.07, 6.45) is 4.08. The highest BCUT2D eigenvalue weighted by Gasteiger charge is 2.20. The van der Waals surface area contributed by atoms with E-state index in [1.807, 2.05) is 0 Å². The van der Waals surface area contributed by atoms with E-state index in [4.69, 9.17) is 0 Å². The third-order valence-corrected chi connectivity index (χ3v) is 2.82. The van der Waals surface area contributed by atoms with E-state index >= 15 is 0 Å². The van der Waals surface area contributed by atoms with Crippen LogP contribution in [0.4, 0.5) is 0 Å². The summed E-state index contributed by atoms with van der Waals surface area (Å²) >= 11 is 0. The molecule has 1 N–H and O–H groups in total. The highest BCUT2D eigenvalue weighted by atomic mass is 15.0. The van der Waals surface area contributed by atoms with Crippen LogP contribution >= 0.6 is 0 Å². The van der Waals surface area contributed by atoms with Gasteiger partial charge < -0.3 is 10.2 Å². The zero-order valence-corrected chi connectivity index (χ0v) is 8.64. The molecule has 0 radical (unpaired) electrons. The average Bonchev–Trinajstić information content (AvgIpc) is 2.51. The Hall–Kier alpha value is -0.0800. The molecule has 72 valence electrons. The molecular formula is C10H22N2. The van der Waals surface area contributed by atoms with Crippen molar-refractivity contribution >= 4 is 0 Å². The Kier molecular flexibility index (Phi) is 4.02. The summed E-state index contributed by atoms with van der Waals surface area (Å²) in [5.41, 5.74) is 0. The van der Waals surface area contributed by atoms with E-state index in [-0.39, 0.29) is 0 Å². The van der Waals surface area contributed by atoms with Crippen LogP contribution in [0.3, 0.4) is 0 Å². The Morgan fingerprint density at radius 3 is 2.75 bits per heavy atom. The number of hydrogen-bond acceptors (Lipinski definition) is 2. The van der Waals surface area contributed by atoms with Crippen molar-refractivity contribution in [3.8, 4) is 0 Å². The number of hydrogen-bond donors (Lipinski definition) is 1. The minimum Gasteiger partial charge on any atom is -0.314 e. The molecule has 1 aliphatic rings. The fourth-order valence-corrected chi connectivity index (χ4v) is 1.86. The molecule has 1 heterocycles. The lowest BCUT2D eigenvalue weighted by atomic mass is 9.97. The summed E-state index contributed by atoms with van der Waals surface area (Å²) in [6.45, 7) is 4.82. The van der Waals surface area contributed by atoms with Crippen molar-refractivity contribution in [2.24, 2.45) is 5.92 Å². The fraction of sp³-hybridized carbons (Fsp3) is 1.00. The SMILES string of the molecule is CC(CCN(C)C)C1CCCN1. The van der Waals surface area contributed by atoms with Gasteiger partial charge in [-0.1, -0.05) is 6.92 Å². The van der Waals surface area contributed by atoms with Gasteiger partial charge in [0, 0.05) is 6.04 Å². The molecule has 1 fully saturated rings. The fourth-order valence-electron chi connectivity index (χ4n) is 1.86. The van der Waals surface area contributed by atoms with Gasteiger partial charge >= 0.3 is 0 Å². The third kappa shape index (κ3) is 3.11. The van der Waals surface area contributed by atoms with Crippen molar-refractivity contribution in [3.05, 3.63) is 0 Å². The molecule has 0 aromatic heterocycles. The van der Waals surface area contributed by atoms with Crippen molar-refractivity contribution < 1.29 is 0 Å². The molecule has 0 spiro atoms. The van der Waals surface area contributed by atoms with E-state index in [9.17, 15) is 0 Å². The maximum Gasteiger partial charge on any atom is 0.00936 e. The molecule has 2 heteroatoms. The van der Waals surface area contributed by atoms with Crippen LogP contribution in [0.1, 0.15) is 26.2 Å². The topological polar surface area (TPSA) is 15.3 Å². The first-order chi connectivity index (χ1) is 5.70. The zero-order chi connectivity index (χ0) is 8.97. The molecule has 2 unspecified atom stereocenters. The van der Waals surface area contributed by atoms with Crippen LogP contribution < -0.4 is 5.32 Å². The molecule has 2 atom stereocenters. The predicted molar refractivity (Wildman–Crippen MR) is 53.4 cm³/mol. The van der Waals surface area contributed by atoms with Crippen molar-refractivity contribution in [2.45, 2.75) is 32.2 Å². The molecule has 1 aliphatic heterocycles. The van der Waals surface area contributed by atoms with Crippen LogP contribution in [-0.4, -0.2) is 38.1 Å². The van der Waals surface area contributed by atoms with E-state index in [2.05, 4.69) is 31.2 Å². The van der Waals surface area contributed by atoms with Crippen LogP contribution in [0.25, 0.3) is 0 Å². The summed E-state index contributed by atoms with van der Waals surface area (Å²) in [7, 11) is 4.30. The predicted octanol–water partition coefficient (Wildman–Crippen LogP) is 1.33. The summed E-state index contributed by atoms with van der Waals surface area (Å²) in [6, 6.07) is 0.796. The highest BCUT2D eigenvalue weighted by Crippen LogP contribution is 2.17. The first-order valence-electron chi connectivity index (χ1n) is 5.08. The standard InChI is InChI=1S/C10H22N2/c1-9(6-8-12(2)3)10-5-4-7-11-10/h9-11H,4-8H2,1-3H3. The van der Waals surface area contributed by atoms with Gasteiger partial charge in [0.1, 0.15) is 0 Å². The molecule has 0 bridgehead atoms. The number of nitrogens with one attached hydrogen (secondary N) is 1. The molecule has 0 aliphatic carbocycles. The number of nitrogens with zero attached hydrogens (tertiary/aromatic N) is 1. The van der Waals surface area contributed by atoms with Gasteiger partial charge in [0.15, 0.2) is 0 Å². The Bertz CT molecular complexity index is 117. The number of rotatable bonds is 4. The smallest absolute Gasteiger partial charge is 0.00936 e. The second-order valence-corrected chi connectivity index (χ2v) is 4.27. The summed E-state index contributed by atoms with van der Waals surface area (Å²) in [5, 5.41) is 3.56. The second-order valence-electron chi connectivity index (χ2n) is 4.27. The lowest BCUT2D eigenvalue weighted by Crippen LogP contribution is -2.30. The Balaban J connectivity index is 2.13. The monoisotopic (exact) mass is 170 g/mol. The van der Waals surface area contributed by atoms with Gasteiger partial charge in [0.25, 0.3) is 0 Å². The molecule has 0 aromatic carbocycles. The molecular weight excluding hydrogens is 148 g/mol. The van der Waals surface area contributed by atoms with E-state index in [0.29, 0.717) is 0 Å². The maximum atomic E-state index is 3.56. The molecule has 12 heavy (non-hydrogen) atoms. The molecule has 2 nitrogen and oxygen atoms in total. The minimum atomic E-state index is 0.796. The van der Waals surface area contributed by atoms with Crippen LogP contribution in [0.15, 0.2) is 0 Å². The van der Waals surface area contributed by atoms with Gasteiger partial charge in [0.05, 0.1) is 0 Å². The van der Waals surface area contributed by atoms with E-state index < -0.39 is 0 Å². The van der Waals surface area contributed by atoms with E-state index in [1.165, 1.54) is 32.4 Å². The lowest BCUT2D eigenvalue weighted by molar-refractivity contribution is 0.321. The van der Waals surface area contributed by atoms with Crippen molar-refractivity contribution in [3.63, 3.8) is 0 Å². The van der Waals surface area contributed by atoms with Crippen molar-refractivity contribution in [1.82, 2.24) is 10.2 Å². The summed E-state index contributed by atoms with van der Waals surface area (Å²) in [5.74, 6) is 0.842. The molecule has 0 aromatic rings. The first-order valence-corrected chi connectivity index (χ1v) is 5.08. The molecule has 1 saturated heterocycles. The van der Waals surface area contributed by atoms with Crippen LogP contribution in [-0.2, 0) is 0 Å². The summed E-state index contributed by atoms with van der Waals surface area (Å²) in [4.78, 5) is 2.27. The van der Waals surface area contributed by atoms with Gasteiger partial charge in [-0.3, -0.25) is 0 Å². The first kappa shape index (κ1) is 10.0. The van der Waals surface area contributed by atoms with Gasteiger partial charge in [0.2, 0.25) is 0 Å². The zero-order valence-electron chi connectivity index (χ0n) is 8.64. The molecule has 1 rings (SSSR count). The Morgan fingerprint density at radius 2 is 2.25 bits per heavy atom. The largest absolute Gasteiger partial charge is 0.314 e. The summed E-state index contributed by atoms with van der Waals surface area (Å²) < 4.78 is 0. The van der Waals surface area contributed by atoms with Crippen molar-refractivity contribution in [1.29, 1.82) is 0 Å². The van der Waals surface area contributed by atoms with Crippen LogP contribution in [0, 0.1) is 5.92 Å². The molecule has 0 saturated carbocycles. The Morgan fingerprint density at radius 1 is 1.50 bits per heavy atom. The van der Waals surface area contributed by atoms with Crippen LogP contribution in [0.2, 0.25) is 0 Å². The van der Waals surface area contributed by atoms with Gasteiger partial charge in [-0.25, -0.2) is 0 Å². The Labute approximate surface area is 76.3 Å². The molecule has 0 amide bonds. The average molecular weight is 170 g/mol.